The number of amides is 1. The van der Waals surface area contributed by atoms with Crippen molar-refractivity contribution in [1.82, 2.24) is 5.32 Å². The molecule has 1 amide bonds. The second-order valence-electron chi connectivity index (χ2n) is 5.09. The topological polar surface area (TPSA) is 66.4 Å². The molecule has 1 fully saturated rings. The molecule has 1 aliphatic heterocycles. The van der Waals surface area contributed by atoms with Crippen LogP contribution in [0, 0.1) is 11.8 Å². The molecule has 0 aliphatic carbocycles. The maximum atomic E-state index is 11.8. The molecular weight excluding hydrogens is 409 g/mol. The van der Waals surface area contributed by atoms with Crippen LogP contribution in [0.5, 0.6) is 0 Å². The van der Waals surface area contributed by atoms with Gasteiger partial charge in [-0.15, -0.1) is 11.8 Å². The summed E-state index contributed by atoms with van der Waals surface area (Å²) in [6.45, 7) is 4.02. The second kappa shape index (κ2) is 8.62. The van der Waals surface area contributed by atoms with E-state index in [9.17, 15) is 14.7 Å². The van der Waals surface area contributed by atoms with Crippen LogP contribution < -0.4 is 5.32 Å². The molecule has 1 rings (SSSR count). The maximum absolute atomic E-state index is 11.8. The molecule has 126 valence electrons. The smallest absolute Gasteiger partial charge is 0.307 e. The van der Waals surface area contributed by atoms with Gasteiger partial charge in [-0.1, -0.05) is 72.6 Å². The Kier molecular flexibility index (Phi) is 8.09. The molecule has 1 heterocycles. The summed E-state index contributed by atoms with van der Waals surface area (Å²) in [5, 5.41) is 12.0. The van der Waals surface area contributed by atoms with Crippen molar-refractivity contribution in [3.63, 3.8) is 0 Å². The number of alkyl halides is 3. The average molecular weight is 425 g/mol. The van der Waals surface area contributed by atoms with Crippen molar-refractivity contribution in [3.05, 3.63) is 0 Å². The largest absolute Gasteiger partial charge is 0.481 e. The molecule has 22 heavy (non-hydrogen) atoms. The molecule has 2 N–H and O–H groups in total. The third-order valence-electron chi connectivity index (χ3n) is 2.96. The fourth-order valence-corrected chi connectivity index (χ4v) is 5.52. The molecule has 0 bridgehead atoms. The number of carbonyl (C=O) groups is 2. The zero-order chi connectivity index (χ0) is 17.1. The van der Waals surface area contributed by atoms with Crippen LogP contribution in [-0.2, 0) is 9.59 Å². The van der Waals surface area contributed by atoms with E-state index in [0.717, 1.165) is 0 Å². The van der Waals surface area contributed by atoms with Gasteiger partial charge in [-0.25, -0.2) is 0 Å². The molecule has 10 heteroatoms. The molecule has 4 nitrogen and oxygen atoms in total. The molecule has 0 aromatic heterocycles. The van der Waals surface area contributed by atoms with Crippen LogP contribution in [0.3, 0.4) is 0 Å². The predicted molar refractivity (Wildman–Crippen MR) is 99.0 cm³/mol. The highest BCUT2D eigenvalue weighted by Gasteiger charge is 2.48. The monoisotopic (exact) mass is 423 g/mol. The summed E-state index contributed by atoms with van der Waals surface area (Å²) in [6, 6.07) is 0. The SMILES string of the molecule is CC(C)SC(=S)S[C@H]1NC(=O)[C@H]1C(CCC(Cl)(Cl)Cl)C(=O)O. The van der Waals surface area contributed by atoms with Gasteiger partial charge in [0, 0.05) is 5.25 Å². The Bertz CT molecular complexity index is 457. The first-order valence-electron chi connectivity index (χ1n) is 6.48. The molecule has 0 radical (unpaired) electrons. The van der Waals surface area contributed by atoms with E-state index in [-0.39, 0.29) is 24.1 Å². The highest BCUT2D eigenvalue weighted by Crippen LogP contribution is 2.40. The first kappa shape index (κ1) is 20.6. The van der Waals surface area contributed by atoms with E-state index >= 15 is 0 Å². The Morgan fingerprint density at radius 3 is 2.45 bits per heavy atom. The number of halogens is 3. The first-order chi connectivity index (χ1) is 10.0. The Morgan fingerprint density at radius 1 is 1.45 bits per heavy atom. The average Bonchev–Trinajstić information content (AvgIpc) is 2.31. The number of carboxylic acid groups (broad SMARTS) is 1. The van der Waals surface area contributed by atoms with Crippen LogP contribution >= 0.6 is 70.5 Å². The van der Waals surface area contributed by atoms with Gasteiger partial charge in [-0.05, 0) is 12.8 Å². The molecule has 3 atom stereocenters. The van der Waals surface area contributed by atoms with Gasteiger partial charge in [-0.2, -0.15) is 0 Å². The van der Waals surface area contributed by atoms with E-state index in [2.05, 4.69) is 5.32 Å². The maximum Gasteiger partial charge on any atom is 0.307 e. The third-order valence-corrected chi connectivity index (χ3v) is 6.20. The van der Waals surface area contributed by atoms with Crippen molar-refractivity contribution < 1.29 is 14.7 Å². The fourth-order valence-electron chi connectivity index (χ4n) is 1.96. The number of hydrogen-bond donors (Lipinski definition) is 2. The number of thiocarbonyl (C=S) groups is 1. The van der Waals surface area contributed by atoms with Crippen LogP contribution in [0.25, 0.3) is 0 Å². The number of hydrogen-bond acceptors (Lipinski definition) is 5. The van der Waals surface area contributed by atoms with E-state index in [0.29, 0.717) is 8.78 Å². The van der Waals surface area contributed by atoms with Crippen LogP contribution in [0.4, 0.5) is 0 Å². The van der Waals surface area contributed by atoms with Gasteiger partial charge in [0.15, 0.2) is 3.79 Å². The van der Waals surface area contributed by atoms with E-state index in [4.69, 9.17) is 47.0 Å². The molecule has 0 spiro atoms. The van der Waals surface area contributed by atoms with Crippen molar-refractivity contribution in [2.45, 2.75) is 41.1 Å². The third kappa shape index (κ3) is 6.61. The van der Waals surface area contributed by atoms with Crippen LogP contribution in [0.15, 0.2) is 0 Å². The number of thioether (sulfide) groups is 2. The van der Waals surface area contributed by atoms with Gasteiger partial charge in [0.2, 0.25) is 5.91 Å². The number of nitrogens with one attached hydrogen (secondary N) is 1. The summed E-state index contributed by atoms with van der Waals surface area (Å²) in [6.07, 6.45) is 0.187. The van der Waals surface area contributed by atoms with Gasteiger partial charge in [0.05, 0.1) is 17.2 Å². The summed E-state index contributed by atoms with van der Waals surface area (Å²) in [5.74, 6) is -2.93. The fraction of sp³-hybridized carbons (Fsp3) is 0.750. The van der Waals surface area contributed by atoms with Crippen molar-refractivity contribution >= 4 is 85.9 Å². The minimum Gasteiger partial charge on any atom is -0.481 e. The molecule has 1 aliphatic rings. The van der Waals surface area contributed by atoms with Gasteiger partial charge >= 0.3 is 5.97 Å². The van der Waals surface area contributed by atoms with E-state index in [1.54, 1.807) is 0 Å². The van der Waals surface area contributed by atoms with E-state index in [1.165, 1.54) is 23.5 Å². The molecule has 0 saturated carbocycles. The number of rotatable bonds is 6. The molecule has 1 saturated heterocycles. The van der Waals surface area contributed by atoms with E-state index in [1.807, 2.05) is 13.8 Å². The van der Waals surface area contributed by atoms with Gasteiger partial charge < -0.3 is 10.4 Å². The summed E-state index contributed by atoms with van der Waals surface area (Å²) in [4.78, 5) is 23.2. The Labute approximate surface area is 158 Å². The van der Waals surface area contributed by atoms with Crippen molar-refractivity contribution in [2.24, 2.45) is 11.8 Å². The van der Waals surface area contributed by atoms with Crippen LogP contribution in [0.2, 0.25) is 0 Å². The lowest BCUT2D eigenvalue weighted by atomic mass is 9.83. The standard InChI is InChI=1S/C12H16Cl3NO3S3/c1-5(2)21-11(20)22-9-7(8(17)16-9)6(10(18)19)3-4-12(13,14)15/h5-7,9H,3-4H2,1-2H3,(H,16,17)(H,18,19)/t6?,7-,9-/m1/s1. The van der Waals surface area contributed by atoms with Crippen molar-refractivity contribution in [1.29, 1.82) is 0 Å². The van der Waals surface area contributed by atoms with Gasteiger partial charge in [-0.3, -0.25) is 9.59 Å². The molecule has 1 unspecified atom stereocenters. The lowest BCUT2D eigenvalue weighted by Gasteiger charge is -2.39. The van der Waals surface area contributed by atoms with Crippen molar-refractivity contribution in [3.8, 4) is 0 Å². The highest BCUT2D eigenvalue weighted by atomic mass is 35.6. The Morgan fingerprint density at radius 2 is 2.05 bits per heavy atom. The minimum atomic E-state index is -1.53. The number of carboxylic acids is 1. The second-order valence-corrected chi connectivity index (χ2v) is 11.5. The van der Waals surface area contributed by atoms with Crippen LogP contribution in [0.1, 0.15) is 26.7 Å². The van der Waals surface area contributed by atoms with Gasteiger partial charge in [0.25, 0.3) is 0 Å². The Hall–Kier alpha value is 0.600. The quantitative estimate of drug-likeness (QED) is 0.380. The Balaban J connectivity index is 2.69. The lowest BCUT2D eigenvalue weighted by molar-refractivity contribution is -0.151. The summed E-state index contributed by atoms with van der Waals surface area (Å²) >= 11 is 25.1. The number of β-lactam (4-membered cyclic amide) rings is 1. The number of carbonyl (C=O) groups excluding carboxylic acids is 1. The van der Waals surface area contributed by atoms with Crippen molar-refractivity contribution in [2.75, 3.05) is 0 Å². The normalized spacial score (nSPS) is 22.9. The zero-order valence-electron chi connectivity index (χ0n) is 11.8. The van der Waals surface area contributed by atoms with E-state index < -0.39 is 21.6 Å². The minimum absolute atomic E-state index is 0.0704. The number of aliphatic carboxylic acids is 1. The van der Waals surface area contributed by atoms with Crippen LogP contribution in [-0.4, -0.2) is 34.9 Å². The highest BCUT2D eigenvalue weighted by molar-refractivity contribution is 8.47. The zero-order valence-corrected chi connectivity index (χ0v) is 16.6. The lowest BCUT2D eigenvalue weighted by Crippen LogP contribution is -2.60. The first-order valence-corrected chi connectivity index (χ1v) is 9.78. The summed E-state index contributed by atoms with van der Waals surface area (Å²) in [5.41, 5.74) is 0. The summed E-state index contributed by atoms with van der Waals surface area (Å²) in [7, 11) is 0. The molecule has 0 aromatic carbocycles. The summed E-state index contributed by atoms with van der Waals surface area (Å²) < 4.78 is -0.852. The predicted octanol–water partition coefficient (Wildman–Crippen LogP) is 4.07. The molecule has 0 aromatic rings. The van der Waals surface area contributed by atoms with Gasteiger partial charge in [0.1, 0.15) is 3.53 Å². The molecular formula is C12H16Cl3NO3S3.